The van der Waals surface area contributed by atoms with Gasteiger partial charge in [0.15, 0.2) is 0 Å². The number of hydrogen-bond donors (Lipinski definition) is 1. The average molecular weight is 473 g/mol. The number of carbonyl (C=O) groups is 2. The summed E-state index contributed by atoms with van der Waals surface area (Å²) in [4.78, 5) is 30.5. The molecule has 1 atom stereocenters. The Bertz CT molecular complexity index is 999. The van der Waals surface area contributed by atoms with E-state index in [4.69, 9.17) is 11.6 Å². The normalized spacial score (nSPS) is 15.0. The third-order valence-corrected chi connectivity index (χ3v) is 7.77. The number of thiophene rings is 2. The van der Waals surface area contributed by atoms with Gasteiger partial charge >= 0.3 is 0 Å². The van der Waals surface area contributed by atoms with Crippen molar-refractivity contribution in [2.75, 3.05) is 0 Å². The third-order valence-electron chi connectivity index (χ3n) is 5.60. The molecule has 0 radical (unpaired) electrons. The van der Waals surface area contributed by atoms with Gasteiger partial charge in [-0.1, -0.05) is 54.8 Å². The molecule has 2 heterocycles. The Morgan fingerprint density at radius 2 is 1.77 bits per heavy atom. The van der Waals surface area contributed by atoms with Gasteiger partial charge in [-0.15, -0.1) is 22.7 Å². The van der Waals surface area contributed by atoms with E-state index in [9.17, 15) is 9.59 Å². The molecule has 0 spiro atoms. The standard InChI is InChI=1S/C24H25ClN2O2S2/c25-20-11-4-1-7-17(20)16-27(22(28)15-19-10-5-13-30-19)23(21-12-6-14-31-21)24(29)26-18-8-2-3-9-18/h1,4-7,10-14,18,23H,2-3,8-9,15-16H2,(H,26,29)/t23-/m1/s1. The van der Waals surface area contributed by atoms with Crippen LogP contribution in [0.25, 0.3) is 0 Å². The van der Waals surface area contributed by atoms with Crippen LogP contribution in [0.4, 0.5) is 0 Å². The number of amides is 2. The first kappa shape index (κ1) is 22.1. The molecule has 0 unspecified atom stereocenters. The second-order valence-electron chi connectivity index (χ2n) is 7.78. The van der Waals surface area contributed by atoms with Crippen LogP contribution < -0.4 is 5.32 Å². The topological polar surface area (TPSA) is 49.4 Å². The lowest BCUT2D eigenvalue weighted by molar-refractivity contribution is -0.141. The largest absolute Gasteiger partial charge is 0.351 e. The Hall–Kier alpha value is -2.15. The lowest BCUT2D eigenvalue weighted by Crippen LogP contribution is -2.46. The predicted octanol–water partition coefficient (Wildman–Crippen LogP) is 5.83. The first-order chi connectivity index (χ1) is 15.1. The summed E-state index contributed by atoms with van der Waals surface area (Å²) in [5.41, 5.74) is 0.832. The third kappa shape index (κ3) is 5.56. The fourth-order valence-corrected chi connectivity index (χ4v) is 5.74. The molecule has 31 heavy (non-hydrogen) atoms. The number of nitrogens with zero attached hydrogens (tertiary/aromatic N) is 1. The highest BCUT2D eigenvalue weighted by molar-refractivity contribution is 7.10. The maximum absolute atomic E-state index is 13.5. The van der Waals surface area contributed by atoms with E-state index in [1.54, 1.807) is 16.2 Å². The summed E-state index contributed by atoms with van der Waals surface area (Å²) in [7, 11) is 0. The Morgan fingerprint density at radius 3 is 2.45 bits per heavy atom. The molecule has 2 aromatic heterocycles. The summed E-state index contributed by atoms with van der Waals surface area (Å²) in [6, 6.07) is 14.8. The van der Waals surface area contributed by atoms with Gasteiger partial charge in [-0.3, -0.25) is 9.59 Å². The van der Waals surface area contributed by atoms with E-state index in [0.717, 1.165) is 41.0 Å². The Balaban J connectivity index is 1.66. The Morgan fingerprint density at radius 1 is 1.03 bits per heavy atom. The molecule has 162 valence electrons. The molecule has 1 fully saturated rings. The van der Waals surface area contributed by atoms with Crippen LogP contribution in [0.5, 0.6) is 0 Å². The van der Waals surface area contributed by atoms with E-state index < -0.39 is 6.04 Å². The van der Waals surface area contributed by atoms with Crippen LogP contribution in [0.1, 0.15) is 47.0 Å². The van der Waals surface area contributed by atoms with Crippen molar-refractivity contribution in [3.05, 3.63) is 79.6 Å². The van der Waals surface area contributed by atoms with Crippen molar-refractivity contribution >= 4 is 46.1 Å². The molecule has 0 saturated heterocycles. The zero-order valence-electron chi connectivity index (χ0n) is 17.1. The van der Waals surface area contributed by atoms with Gasteiger partial charge in [0.2, 0.25) is 11.8 Å². The highest BCUT2D eigenvalue weighted by Gasteiger charge is 2.34. The van der Waals surface area contributed by atoms with E-state index in [0.29, 0.717) is 5.02 Å². The first-order valence-corrected chi connectivity index (χ1v) is 12.6. The molecule has 1 N–H and O–H groups in total. The number of hydrogen-bond acceptors (Lipinski definition) is 4. The number of benzene rings is 1. The lowest BCUT2D eigenvalue weighted by atomic mass is 10.1. The van der Waals surface area contributed by atoms with Crippen LogP contribution in [0.3, 0.4) is 0 Å². The highest BCUT2D eigenvalue weighted by atomic mass is 35.5. The van der Waals surface area contributed by atoms with Gasteiger partial charge in [-0.25, -0.2) is 0 Å². The SMILES string of the molecule is O=C(NC1CCCC1)[C@@H](c1cccs1)N(Cc1ccccc1Cl)C(=O)Cc1cccs1. The number of carbonyl (C=O) groups excluding carboxylic acids is 2. The van der Waals surface area contributed by atoms with Gasteiger partial charge in [-0.05, 0) is 47.4 Å². The van der Waals surface area contributed by atoms with Crippen LogP contribution in [0, 0.1) is 0 Å². The molecule has 0 aliphatic heterocycles. The molecule has 4 rings (SSSR count). The summed E-state index contributed by atoms with van der Waals surface area (Å²) in [5, 5.41) is 7.71. The van der Waals surface area contributed by atoms with Gasteiger partial charge in [0.05, 0.1) is 6.42 Å². The second-order valence-corrected chi connectivity index (χ2v) is 10.2. The molecular formula is C24H25ClN2O2S2. The minimum atomic E-state index is -0.677. The zero-order chi connectivity index (χ0) is 21.6. The van der Waals surface area contributed by atoms with Gasteiger partial charge in [-0.2, -0.15) is 0 Å². The second kappa shape index (κ2) is 10.4. The van der Waals surface area contributed by atoms with E-state index in [1.807, 2.05) is 59.3 Å². The van der Waals surface area contributed by atoms with Crippen LogP contribution >= 0.6 is 34.3 Å². The lowest BCUT2D eigenvalue weighted by Gasteiger charge is -2.32. The zero-order valence-corrected chi connectivity index (χ0v) is 19.5. The van der Waals surface area contributed by atoms with Gasteiger partial charge in [0, 0.05) is 27.4 Å². The smallest absolute Gasteiger partial charge is 0.248 e. The molecular weight excluding hydrogens is 448 g/mol. The van der Waals surface area contributed by atoms with Crippen LogP contribution in [0.15, 0.2) is 59.3 Å². The number of nitrogens with one attached hydrogen (secondary N) is 1. The maximum Gasteiger partial charge on any atom is 0.248 e. The van der Waals surface area contributed by atoms with Crippen LogP contribution in [0.2, 0.25) is 5.02 Å². The molecule has 2 amide bonds. The molecule has 0 bridgehead atoms. The van der Waals surface area contributed by atoms with Gasteiger partial charge in [0.25, 0.3) is 0 Å². The van der Waals surface area contributed by atoms with E-state index in [2.05, 4.69) is 5.32 Å². The predicted molar refractivity (Wildman–Crippen MR) is 127 cm³/mol. The Kier molecular flexibility index (Phi) is 7.43. The molecule has 1 aromatic carbocycles. The van der Waals surface area contributed by atoms with Crippen molar-refractivity contribution in [2.45, 2.75) is 50.7 Å². The summed E-state index contributed by atoms with van der Waals surface area (Å²) < 4.78 is 0. The summed E-state index contributed by atoms with van der Waals surface area (Å²) >= 11 is 9.48. The van der Waals surface area contributed by atoms with Crippen LogP contribution in [-0.4, -0.2) is 22.8 Å². The van der Waals surface area contributed by atoms with Crippen molar-refractivity contribution in [3.63, 3.8) is 0 Å². The number of rotatable bonds is 8. The van der Waals surface area contributed by atoms with Crippen molar-refractivity contribution in [2.24, 2.45) is 0 Å². The first-order valence-electron chi connectivity index (χ1n) is 10.5. The maximum atomic E-state index is 13.5. The molecule has 3 aromatic rings. The summed E-state index contributed by atoms with van der Waals surface area (Å²) in [5.74, 6) is -0.191. The van der Waals surface area contributed by atoms with E-state index in [-0.39, 0.29) is 30.8 Å². The average Bonchev–Trinajstić information content (AvgIpc) is 3.53. The molecule has 1 aliphatic carbocycles. The highest BCUT2D eigenvalue weighted by Crippen LogP contribution is 2.31. The van der Waals surface area contributed by atoms with Crippen molar-refractivity contribution < 1.29 is 9.59 Å². The molecule has 7 heteroatoms. The van der Waals surface area contributed by atoms with Gasteiger partial charge < -0.3 is 10.2 Å². The summed E-state index contributed by atoms with van der Waals surface area (Å²) in [6.07, 6.45) is 4.53. The van der Waals surface area contributed by atoms with E-state index in [1.165, 1.54) is 11.3 Å². The minimum Gasteiger partial charge on any atom is -0.351 e. The quantitative estimate of drug-likeness (QED) is 0.448. The molecule has 1 saturated carbocycles. The van der Waals surface area contributed by atoms with Crippen LogP contribution in [-0.2, 0) is 22.6 Å². The monoisotopic (exact) mass is 472 g/mol. The molecule has 1 aliphatic rings. The fraction of sp³-hybridized carbons (Fsp3) is 0.333. The van der Waals surface area contributed by atoms with Crippen molar-refractivity contribution in [1.29, 1.82) is 0 Å². The van der Waals surface area contributed by atoms with Crippen molar-refractivity contribution in [3.8, 4) is 0 Å². The summed E-state index contributed by atoms with van der Waals surface area (Å²) in [6.45, 7) is 0.282. The van der Waals surface area contributed by atoms with E-state index >= 15 is 0 Å². The van der Waals surface area contributed by atoms with Crippen molar-refractivity contribution in [1.82, 2.24) is 10.2 Å². The number of halogens is 1. The molecule has 4 nitrogen and oxygen atoms in total. The minimum absolute atomic E-state index is 0.0812. The fourth-order valence-electron chi connectivity index (χ4n) is 4.02. The van der Waals surface area contributed by atoms with Gasteiger partial charge in [0.1, 0.15) is 6.04 Å². The Labute approximate surface area is 195 Å².